The number of nitrogens with two attached hydrogens (primary N) is 1. The Balaban J connectivity index is 3.25. The zero-order valence-corrected chi connectivity index (χ0v) is 7.04. The van der Waals surface area contributed by atoms with Crippen LogP contribution in [0.3, 0.4) is 0 Å². The first-order chi connectivity index (χ1) is 4.66. The topological polar surface area (TPSA) is 72.5 Å². The molecule has 0 aliphatic heterocycles. The van der Waals surface area contributed by atoms with Crippen LogP contribution in [0.15, 0.2) is 0 Å². The van der Waals surface area contributed by atoms with E-state index < -0.39 is 14.5 Å². The minimum absolute atomic E-state index is 0.573. The molecule has 2 atom stereocenters. The van der Waals surface area contributed by atoms with E-state index in [1.807, 2.05) is 6.92 Å². The molecule has 0 aliphatic rings. The molecule has 0 amide bonds. The van der Waals surface area contributed by atoms with Gasteiger partial charge < -0.3 is 10.6 Å². The first-order valence-corrected chi connectivity index (χ1v) is 4.58. The van der Waals surface area contributed by atoms with E-state index in [0.717, 1.165) is 12.8 Å². The van der Waals surface area contributed by atoms with E-state index in [1.165, 1.54) is 0 Å². The standard InChI is InChI=1S/C5H14NO3P/c1-2-3-4-5(6)9-10(7)8/h5,10H,2-4,6H2,1H3,(H,7,8)/t5-/m1/s1. The quantitative estimate of drug-likeness (QED) is 0.470. The van der Waals surface area contributed by atoms with Crippen molar-refractivity contribution in [1.82, 2.24) is 0 Å². The average Bonchev–Trinajstić information content (AvgIpc) is 1.82. The van der Waals surface area contributed by atoms with Crippen LogP contribution in [0.4, 0.5) is 0 Å². The number of hydrogen-bond acceptors (Lipinski definition) is 3. The van der Waals surface area contributed by atoms with Crippen molar-refractivity contribution in [3.8, 4) is 0 Å². The van der Waals surface area contributed by atoms with Crippen molar-refractivity contribution >= 4 is 8.25 Å². The molecule has 1 unspecified atom stereocenters. The summed E-state index contributed by atoms with van der Waals surface area (Å²) in [4.78, 5) is 8.27. The molecule has 0 fully saturated rings. The average molecular weight is 167 g/mol. The lowest BCUT2D eigenvalue weighted by molar-refractivity contribution is 0.183. The van der Waals surface area contributed by atoms with Gasteiger partial charge in [-0.25, -0.2) is 0 Å². The Morgan fingerprint density at radius 3 is 2.80 bits per heavy atom. The fourth-order valence-electron chi connectivity index (χ4n) is 0.594. The Kier molecular flexibility index (Phi) is 5.93. The third kappa shape index (κ3) is 6.23. The number of hydrogen-bond donors (Lipinski definition) is 2. The van der Waals surface area contributed by atoms with Crippen molar-refractivity contribution in [3.05, 3.63) is 0 Å². The molecule has 0 spiro atoms. The molecule has 0 aromatic rings. The number of unbranched alkanes of at least 4 members (excludes halogenated alkanes) is 1. The van der Waals surface area contributed by atoms with Crippen LogP contribution in [0.5, 0.6) is 0 Å². The molecule has 0 rings (SSSR count). The molecular weight excluding hydrogens is 153 g/mol. The highest BCUT2D eigenvalue weighted by molar-refractivity contribution is 7.32. The smallest absolute Gasteiger partial charge is 0.318 e. The molecule has 0 aromatic heterocycles. The van der Waals surface area contributed by atoms with Gasteiger partial charge in [0.15, 0.2) is 0 Å². The van der Waals surface area contributed by atoms with Gasteiger partial charge in [0.05, 0.1) is 0 Å². The molecule has 4 nitrogen and oxygen atoms in total. The van der Waals surface area contributed by atoms with Crippen molar-refractivity contribution in [2.45, 2.75) is 32.4 Å². The van der Waals surface area contributed by atoms with Crippen LogP contribution in [0.1, 0.15) is 26.2 Å². The summed E-state index contributed by atoms with van der Waals surface area (Å²) >= 11 is 0. The summed E-state index contributed by atoms with van der Waals surface area (Å²) in [6.45, 7) is 2.02. The largest absolute Gasteiger partial charge is 0.326 e. The van der Waals surface area contributed by atoms with Crippen LogP contribution < -0.4 is 5.73 Å². The highest BCUT2D eigenvalue weighted by Crippen LogP contribution is 2.17. The molecule has 10 heavy (non-hydrogen) atoms. The molecule has 0 bridgehead atoms. The monoisotopic (exact) mass is 167 g/mol. The maximum Gasteiger partial charge on any atom is 0.318 e. The molecule has 0 heterocycles. The molecular formula is C5H14NO3P. The molecule has 0 aromatic carbocycles. The van der Waals surface area contributed by atoms with Gasteiger partial charge in [0.1, 0.15) is 6.23 Å². The van der Waals surface area contributed by atoms with Crippen molar-refractivity contribution in [2.75, 3.05) is 0 Å². The Bertz CT molecular complexity index is 109. The zero-order valence-electron chi connectivity index (χ0n) is 6.04. The highest BCUT2D eigenvalue weighted by atomic mass is 31.1. The molecule has 5 heteroatoms. The van der Waals surface area contributed by atoms with Crippen LogP contribution in [0.2, 0.25) is 0 Å². The maximum atomic E-state index is 10.1. The zero-order chi connectivity index (χ0) is 7.98. The summed E-state index contributed by atoms with van der Waals surface area (Å²) in [6, 6.07) is 0. The third-order valence-electron chi connectivity index (χ3n) is 1.09. The minimum Gasteiger partial charge on any atom is -0.326 e. The van der Waals surface area contributed by atoms with Gasteiger partial charge in [-0.2, -0.15) is 0 Å². The van der Waals surface area contributed by atoms with Crippen molar-refractivity contribution in [2.24, 2.45) is 5.73 Å². The minimum atomic E-state index is -2.84. The van der Waals surface area contributed by atoms with E-state index in [9.17, 15) is 4.57 Å². The van der Waals surface area contributed by atoms with E-state index in [-0.39, 0.29) is 0 Å². The van der Waals surface area contributed by atoms with Crippen LogP contribution >= 0.6 is 8.25 Å². The molecule has 0 saturated carbocycles. The Morgan fingerprint density at radius 2 is 2.40 bits per heavy atom. The van der Waals surface area contributed by atoms with Crippen LogP contribution in [0, 0.1) is 0 Å². The maximum absolute atomic E-state index is 10.1. The van der Waals surface area contributed by atoms with Gasteiger partial charge in [-0.05, 0) is 12.8 Å². The molecule has 0 aliphatic carbocycles. The second-order valence-electron chi connectivity index (χ2n) is 2.06. The first-order valence-electron chi connectivity index (χ1n) is 3.32. The van der Waals surface area contributed by atoms with Gasteiger partial charge >= 0.3 is 8.25 Å². The Hall–Kier alpha value is 0.110. The predicted octanol–water partition coefficient (Wildman–Crippen LogP) is 0.860. The second-order valence-corrected chi connectivity index (χ2v) is 2.83. The molecule has 62 valence electrons. The summed E-state index contributed by atoms with van der Waals surface area (Å²) in [7, 11) is -2.84. The summed E-state index contributed by atoms with van der Waals surface area (Å²) in [5.74, 6) is 0. The van der Waals surface area contributed by atoms with Crippen LogP contribution in [-0.2, 0) is 9.09 Å². The lowest BCUT2D eigenvalue weighted by atomic mass is 10.2. The third-order valence-corrected chi connectivity index (χ3v) is 1.60. The SMILES string of the molecule is CCCC[C@H](N)O[PH](=O)O. The van der Waals surface area contributed by atoms with E-state index in [4.69, 9.17) is 10.6 Å². The summed E-state index contributed by atoms with van der Waals surface area (Å²) in [5, 5.41) is 0. The van der Waals surface area contributed by atoms with Gasteiger partial charge in [0, 0.05) is 0 Å². The Labute approximate surface area is 61.3 Å². The van der Waals surface area contributed by atoms with Gasteiger partial charge in [0.2, 0.25) is 0 Å². The second kappa shape index (κ2) is 5.86. The van der Waals surface area contributed by atoms with Crippen molar-refractivity contribution in [1.29, 1.82) is 0 Å². The van der Waals surface area contributed by atoms with Crippen LogP contribution in [-0.4, -0.2) is 11.1 Å². The van der Waals surface area contributed by atoms with E-state index in [2.05, 4.69) is 4.52 Å². The lowest BCUT2D eigenvalue weighted by Gasteiger charge is -2.08. The van der Waals surface area contributed by atoms with E-state index >= 15 is 0 Å². The van der Waals surface area contributed by atoms with Gasteiger partial charge in [0.25, 0.3) is 0 Å². The van der Waals surface area contributed by atoms with Gasteiger partial charge in [-0.1, -0.05) is 13.3 Å². The summed E-state index contributed by atoms with van der Waals surface area (Å²) in [5.41, 5.74) is 5.30. The van der Waals surface area contributed by atoms with Crippen molar-refractivity contribution < 1.29 is 14.0 Å². The van der Waals surface area contributed by atoms with Gasteiger partial charge in [-0.15, -0.1) is 0 Å². The fraction of sp³-hybridized carbons (Fsp3) is 1.00. The predicted molar refractivity (Wildman–Crippen MR) is 39.8 cm³/mol. The molecule has 3 N–H and O–H groups in total. The van der Waals surface area contributed by atoms with Crippen LogP contribution in [0.25, 0.3) is 0 Å². The summed E-state index contributed by atoms with van der Waals surface area (Å²) in [6.07, 6.45) is 2.02. The lowest BCUT2D eigenvalue weighted by Crippen LogP contribution is -2.20. The highest BCUT2D eigenvalue weighted by Gasteiger charge is 2.03. The van der Waals surface area contributed by atoms with E-state index in [1.54, 1.807) is 0 Å². The molecule has 0 saturated heterocycles. The first kappa shape index (κ1) is 10.1. The normalized spacial score (nSPS) is 16.7. The van der Waals surface area contributed by atoms with E-state index in [0.29, 0.717) is 6.42 Å². The fourth-order valence-corrected chi connectivity index (χ4v) is 0.971. The van der Waals surface area contributed by atoms with Crippen molar-refractivity contribution in [3.63, 3.8) is 0 Å². The molecule has 0 radical (unpaired) electrons. The Morgan fingerprint density at radius 1 is 1.80 bits per heavy atom. The van der Waals surface area contributed by atoms with Gasteiger partial charge in [-0.3, -0.25) is 9.09 Å². The summed E-state index contributed by atoms with van der Waals surface area (Å²) < 4.78 is 14.5. The number of rotatable bonds is 5.